The molecule has 2 N–H and O–H groups in total. The van der Waals surface area contributed by atoms with Crippen molar-refractivity contribution >= 4 is 16.9 Å². The first kappa shape index (κ1) is 17.3. The number of ether oxygens (including phenoxy) is 1. The van der Waals surface area contributed by atoms with Crippen molar-refractivity contribution in [2.45, 2.75) is 57.0 Å². The van der Waals surface area contributed by atoms with Crippen LogP contribution in [0.3, 0.4) is 0 Å². The number of carbonyl (C=O) groups excluding carboxylic acids is 1. The monoisotopic (exact) mass is 357 g/mol. The summed E-state index contributed by atoms with van der Waals surface area (Å²) in [5.41, 5.74) is 7.41. The van der Waals surface area contributed by atoms with Crippen molar-refractivity contribution in [1.82, 2.24) is 19.9 Å². The Kier molecular flexibility index (Phi) is 4.80. The van der Waals surface area contributed by atoms with Gasteiger partial charge in [0.1, 0.15) is 11.3 Å². The third-order valence-electron chi connectivity index (χ3n) is 5.64. The number of benzene rings is 1. The lowest BCUT2D eigenvalue weighted by Gasteiger charge is -2.27. The molecule has 7 nitrogen and oxygen atoms in total. The molecule has 2 aliphatic rings. The van der Waals surface area contributed by atoms with E-state index in [4.69, 9.17) is 10.5 Å². The summed E-state index contributed by atoms with van der Waals surface area (Å²) < 4.78 is 7.41. The fourth-order valence-electron chi connectivity index (χ4n) is 4.07. The third kappa shape index (κ3) is 3.40. The topological polar surface area (TPSA) is 86.3 Å². The van der Waals surface area contributed by atoms with Crippen LogP contribution in [0.2, 0.25) is 0 Å². The van der Waals surface area contributed by atoms with Gasteiger partial charge in [-0.05, 0) is 38.3 Å². The SMILES string of the molecule is COc1cc2c(cc1C(N)=O)nnn2[C@@H]1CCCCCCN(C2CC2)C1. The summed E-state index contributed by atoms with van der Waals surface area (Å²) in [5.74, 6) is -0.0312. The van der Waals surface area contributed by atoms with Crippen molar-refractivity contribution in [3.63, 3.8) is 0 Å². The first-order valence-corrected chi connectivity index (χ1v) is 9.64. The molecular formula is C19H27N5O2. The maximum atomic E-state index is 11.7. The molecule has 2 aromatic rings. The summed E-state index contributed by atoms with van der Waals surface area (Å²) >= 11 is 0. The van der Waals surface area contributed by atoms with E-state index in [1.54, 1.807) is 13.2 Å². The number of methoxy groups -OCH3 is 1. The van der Waals surface area contributed by atoms with E-state index in [1.807, 2.05) is 10.7 Å². The molecule has 1 aliphatic heterocycles. The van der Waals surface area contributed by atoms with Gasteiger partial charge in [-0.1, -0.05) is 24.5 Å². The molecule has 26 heavy (non-hydrogen) atoms. The molecule has 0 radical (unpaired) electrons. The minimum absolute atomic E-state index is 0.294. The van der Waals surface area contributed by atoms with Gasteiger partial charge in [-0.15, -0.1) is 5.10 Å². The number of rotatable bonds is 4. The van der Waals surface area contributed by atoms with Crippen LogP contribution >= 0.6 is 0 Å². The molecule has 1 atom stereocenters. The Morgan fingerprint density at radius 2 is 1.96 bits per heavy atom. The van der Waals surface area contributed by atoms with Gasteiger partial charge in [-0.25, -0.2) is 4.68 Å². The second kappa shape index (κ2) is 7.23. The van der Waals surface area contributed by atoms with E-state index in [0.717, 1.165) is 24.5 Å². The van der Waals surface area contributed by atoms with Crippen molar-refractivity contribution < 1.29 is 9.53 Å². The molecular weight excluding hydrogens is 330 g/mol. The van der Waals surface area contributed by atoms with Crippen molar-refractivity contribution in [2.75, 3.05) is 20.2 Å². The fourth-order valence-corrected chi connectivity index (χ4v) is 4.07. The number of carbonyl (C=O) groups is 1. The van der Waals surface area contributed by atoms with Gasteiger partial charge in [0.25, 0.3) is 5.91 Å². The Morgan fingerprint density at radius 1 is 1.15 bits per heavy atom. The van der Waals surface area contributed by atoms with Crippen LogP contribution in [0.25, 0.3) is 11.0 Å². The van der Waals surface area contributed by atoms with Crippen LogP contribution in [0, 0.1) is 0 Å². The number of aromatic nitrogens is 3. The number of nitrogens with two attached hydrogens (primary N) is 1. The van der Waals surface area contributed by atoms with Gasteiger partial charge >= 0.3 is 0 Å². The summed E-state index contributed by atoms with van der Waals surface area (Å²) in [6.45, 7) is 2.20. The molecule has 1 aromatic carbocycles. The largest absolute Gasteiger partial charge is 0.496 e. The Balaban J connectivity index is 1.70. The predicted molar refractivity (Wildman–Crippen MR) is 99.3 cm³/mol. The summed E-state index contributed by atoms with van der Waals surface area (Å²) in [6, 6.07) is 4.58. The van der Waals surface area contributed by atoms with Crippen LogP contribution < -0.4 is 10.5 Å². The van der Waals surface area contributed by atoms with Gasteiger partial charge in [0.15, 0.2) is 0 Å². The van der Waals surface area contributed by atoms with Crippen molar-refractivity contribution in [3.8, 4) is 5.75 Å². The number of primary amides is 1. The standard InChI is InChI=1S/C19H27N5O2/c1-26-18-11-17-16(10-15(18)19(20)25)21-22-24(17)14-6-4-2-3-5-9-23(12-14)13-7-8-13/h10-11,13-14H,2-9,12H2,1H3,(H2,20,25)/t14-/m1/s1. The highest BCUT2D eigenvalue weighted by molar-refractivity contribution is 5.99. The predicted octanol–water partition coefficient (Wildman–Crippen LogP) is 2.51. The van der Waals surface area contributed by atoms with E-state index in [0.29, 0.717) is 22.9 Å². The first-order chi connectivity index (χ1) is 12.7. The Labute approximate surface area is 153 Å². The molecule has 1 saturated carbocycles. The van der Waals surface area contributed by atoms with Gasteiger partial charge in [-0.2, -0.15) is 0 Å². The molecule has 0 unspecified atom stereocenters. The van der Waals surface area contributed by atoms with E-state index < -0.39 is 5.91 Å². The molecule has 1 amide bonds. The van der Waals surface area contributed by atoms with Gasteiger partial charge < -0.3 is 10.5 Å². The molecule has 140 valence electrons. The fraction of sp³-hybridized carbons (Fsp3) is 0.632. The van der Waals surface area contributed by atoms with Crippen LogP contribution in [0.15, 0.2) is 12.1 Å². The lowest BCUT2D eigenvalue weighted by molar-refractivity contribution is 0.0997. The van der Waals surface area contributed by atoms with Crippen LogP contribution in [0.1, 0.15) is 61.3 Å². The maximum absolute atomic E-state index is 11.7. The summed E-state index contributed by atoms with van der Waals surface area (Å²) in [4.78, 5) is 14.3. The molecule has 1 aliphatic carbocycles. The first-order valence-electron chi connectivity index (χ1n) is 9.64. The van der Waals surface area contributed by atoms with E-state index >= 15 is 0 Å². The highest BCUT2D eigenvalue weighted by Crippen LogP contribution is 2.33. The second-order valence-electron chi connectivity index (χ2n) is 7.52. The van der Waals surface area contributed by atoms with Crippen LogP contribution in [0.4, 0.5) is 0 Å². The average Bonchev–Trinajstić information content (AvgIpc) is 3.38. The minimum Gasteiger partial charge on any atom is -0.496 e. The zero-order valence-corrected chi connectivity index (χ0v) is 15.4. The lowest BCUT2D eigenvalue weighted by Crippen LogP contribution is -2.33. The second-order valence-corrected chi connectivity index (χ2v) is 7.52. The summed E-state index contributed by atoms with van der Waals surface area (Å²) in [7, 11) is 1.55. The van der Waals surface area contributed by atoms with E-state index in [1.165, 1.54) is 45.1 Å². The quantitative estimate of drug-likeness (QED) is 0.908. The van der Waals surface area contributed by atoms with Gasteiger partial charge in [-0.3, -0.25) is 9.69 Å². The van der Waals surface area contributed by atoms with Crippen molar-refractivity contribution in [1.29, 1.82) is 0 Å². The van der Waals surface area contributed by atoms with Crippen LogP contribution in [-0.2, 0) is 0 Å². The lowest BCUT2D eigenvalue weighted by atomic mass is 10.1. The Morgan fingerprint density at radius 3 is 2.69 bits per heavy atom. The molecule has 7 heteroatoms. The summed E-state index contributed by atoms with van der Waals surface area (Å²) in [6.07, 6.45) is 8.82. The van der Waals surface area contributed by atoms with Crippen molar-refractivity contribution in [2.24, 2.45) is 5.73 Å². The molecule has 2 heterocycles. The normalized spacial score (nSPS) is 22.6. The highest BCUT2D eigenvalue weighted by atomic mass is 16.5. The molecule has 0 bridgehead atoms. The van der Waals surface area contributed by atoms with Crippen LogP contribution in [0.5, 0.6) is 5.75 Å². The molecule has 0 spiro atoms. The number of hydrogen-bond donors (Lipinski definition) is 1. The van der Waals surface area contributed by atoms with Gasteiger partial charge in [0.05, 0.1) is 24.2 Å². The Hall–Kier alpha value is -2.15. The zero-order chi connectivity index (χ0) is 18.1. The maximum Gasteiger partial charge on any atom is 0.252 e. The molecule has 1 saturated heterocycles. The molecule has 2 fully saturated rings. The number of nitrogens with zero attached hydrogens (tertiary/aromatic N) is 4. The minimum atomic E-state index is -0.513. The highest BCUT2D eigenvalue weighted by Gasteiger charge is 2.31. The van der Waals surface area contributed by atoms with Gasteiger partial charge in [0, 0.05) is 18.7 Å². The van der Waals surface area contributed by atoms with E-state index in [9.17, 15) is 4.79 Å². The zero-order valence-electron chi connectivity index (χ0n) is 15.4. The number of fused-ring (bicyclic) bond motifs is 1. The Bertz CT molecular complexity index is 799. The van der Waals surface area contributed by atoms with Crippen LogP contribution in [-0.4, -0.2) is 52.0 Å². The number of amides is 1. The molecule has 1 aromatic heterocycles. The van der Waals surface area contributed by atoms with E-state index in [-0.39, 0.29) is 0 Å². The number of hydrogen-bond acceptors (Lipinski definition) is 5. The molecule has 4 rings (SSSR count). The average molecular weight is 357 g/mol. The third-order valence-corrected chi connectivity index (χ3v) is 5.64. The van der Waals surface area contributed by atoms with Crippen molar-refractivity contribution in [3.05, 3.63) is 17.7 Å². The summed E-state index contributed by atoms with van der Waals surface area (Å²) in [5, 5.41) is 8.75. The van der Waals surface area contributed by atoms with Gasteiger partial charge in [0.2, 0.25) is 0 Å². The smallest absolute Gasteiger partial charge is 0.252 e. The van der Waals surface area contributed by atoms with E-state index in [2.05, 4.69) is 15.2 Å².